The third-order valence-corrected chi connectivity index (χ3v) is 3.27. The van der Waals surface area contributed by atoms with Gasteiger partial charge in [0.05, 0.1) is 0 Å². The van der Waals surface area contributed by atoms with E-state index in [1.165, 1.54) is 4.52 Å². The van der Waals surface area contributed by atoms with Crippen LogP contribution < -0.4 is 10.9 Å². The first kappa shape index (κ1) is 14.2. The molecule has 3 heterocycles. The van der Waals surface area contributed by atoms with E-state index in [2.05, 4.69) is 46.8 Å². The van der Waals surface area contributed by atoms with Crippen molar-refractivity contribution in [2.24, 2.45) is 0 Å². The monoisotopic (exact) mass is 363 g/mol. The number of hydrogen-bond donors (Lipinski definition) is 3. The van der Waals surface area contributed by atoms with Gasteiger partial charge >= 0.3 is 5.91 Å². The minimum atomic E-state index is -0.635. The van der Waals surface area contributed by atoms with Crippen molar-refractivity contribution >= 4 is 33.5 Å². The van der Waals surface area contributed by atoms with Crippen molar-refractivity contribution in [1.82, 2.24) is 35.4 Å². The average Bonchev–Trinajstić information content (AvgIpc) is 3.11. The van der Waals surface area contributed by atoms with Gasteiger partial charge in [-0.2, -0.15) is 4.98 Å². The zero-order valence-corrected chi connectivity index (χ0v) is 12.9. The van der Waals surface area contributed by atoms with E-state index in [0.29, 0.717) is 11.5 Å². The third-order valence-electron chi connectivity index (χ3n) is 2.81. The number of carbonyl (C=O) groups is 2. The molecule has 0 aliphatic heterocycles. The number of aromatic nitrogens is 5. The molecule has 0 fully saturated rings. The molecule has 0 aliphatic rings. The molecule has 3 N–H and O–H groups in total. The highest BCUT2D eigenvalue weighted by Crippen LogP contribution is 2.10. The maximum absolute atomic E-state index is 12.0. The Morgan fingerprint density at radius 3 is 2.77 bits per heavy atom. The highest BCUT2D eigenvalue weighted by Gasteiger charge is 2.16. The summed E-state index contributed by atoms with van der Waals surface area (Å²) in [5.41, 5.74) is 5.60. The molecule has 3 aromatic rings. The van der Waals surface area contributed by atoms with Crippen molar-refractivity contribution in [3.8, 4) is 0 Å². The van der Waals surface area contributed by atoms with Crippen LogP contribution in [0.4, 0.5) is 0 Å². The molecule has 22 heavy (non-hydrogen) atoms. The van der Waals surface area contributed by atoms with E-state index in [9.17, 15) is 9.59 Å². The van der Waals surface area contributed by atoms with Gasteiger partial charge in [0.2, 0.25) is 5.82 Å². The maximum Gasteiger partial charge on any atom is 0.309 e. The molecule has 0 aromatic carbocycles. The van der Waals surface area contributed by atoms with Crippen molar-refractivity contribution < 1.29 is 9.59 Å². The summed E-state index contributed by atoms with van der Waals surface area (Å²) in [5, 5.41) is 4.03. The van der Waals surface area contributed by atoms with Gasteiger partial charge in [0.15, 0.2) is 0 Å². The zero-order chi connectivity index (χ0) is 15.7. The maximum atomic E-state index is 12.0. The van der Waals surface area contributed by atoms with E-state index in [-0.39, 0.29) is 5.82 Å². The predicted octanol–water partition coefficient (Wildman–Crippen LogP) is 0.598. The summed E-state index contributed by atoms with van der Waals surface area (Å²) in [5.74, 6) is -0.902. The molecular weight excluding hydrogens is 354 g/mol. The van der Waals surface area contributed by atoms with Gasteiger partial charge in [-0.05, 0) is 35.0 Å². The molecule has 0 bridgehead atoms. The number of aromatic amines is 1. The molecule has 0 saturated carbocycles. The average molecular weight is 364 g/mol. The Balaban J connectivity index is 1.71. The Labute approximate surface area is 132 Å². The van der Waals surface area contributed by atoms with E-state index in [4.69, 9.17) is 0 Å². The molecule has 3 rings (SSSR count). The highest BCUT2D eigenvalue weighted by atomic mass is 79.9. The lowest BCUT2D eigenvalue weighted by molar-refractivity contribution is 0.0838. The fourth-order valence-electron chi connectivity index (χ4n) is 1.74. The van der Waals surface area contributed by atoms with Crippen molar-refractivity contribution in [3.05, 3.63) is 46.2 Å². The Bertz CT molecular complexity index is 869. The SMILES string of the molecule is Cc1ccnc2nc(C(=O)NNC(=O)c3cc(Br)c[nH]3)nn12. The van der Waals surface area contributed by atoms with Crippen LogP contribution >= 0.6 is 15.9 Å². The molecule has 0 spiro atoms. The predicted molar refractivity (Wildman–Crippen MR) is 78.9 cm³/mol. The summed E-state index contributed by atoms with van der Waals surface area (Å²) in [4.78, 5) is 34.5. The molecule has 9 nitrogen and oxygen atoms in total. The molecule has 0 atom stereocenters. The van der Waals surface area contributed by atoms with E-state index in [0.717, 1.165) is 10.2 Å². The number of rotatable bonds is 2. The van der Waals surface area contributed by atoms with Crippen LogP contribution in [0.2, 0.25) is 0 Å². The van der Waals surface area contributed by atoms with Gasteiger partial charge in [0.25, 0.3) is 11.7 Å². The Hall–Kier alpha value is -2.75. The Kier molecular flexibility index (Phi) is 3.59. The minimum Gasteiger partial charge on any atom is -0.356 e. The number of nitrogens with zero attached hydrogens (tertiary/aromatic N) is 4. The van der Waals surface area contributed by atoms with Gasteiger partial charge in [-0.25, -0.2) is 9.50 Å². The zero-order valence-electron chi connectivity index (χ0n) is 11.3. The van der Waals surface area contributed by atoms with Crippen molar-refractivity contribution in [2.75, 3.05) is 0 Å². The van der Waals surface area contributed by atoms with Crippen LogP contribution in [0.25, 0.3) is 5.78 Å². The number of aryl methyl sites for hydroxylation is 1. The van der Waals surface area contributed by atoms with Gasteiger partial charge in [0.1, 0.15) is 5.69 Å². The van der Waals surface area contributed by atoms with Crippen LogP contribution in [0, 0.1) is 6.92 Å². The minimum absolute atomic E-state index is 0.0882. The number of amides is 2. The Morgan fingerprint density at radius 1 is 1.32 bits per heavy atom. The molecular formula is C12H10BrN7O2. The van der Waals surface area contributed by atoms with Crippen molar-refractivity contribution in [3.63, 3.8) is 0 Å². The number of H-pyrrole nitrogens is 1. The van der Waals surface area contributed by atoms with E-state index in [1.807, 2.05) is 6.92 Å². The number of hydrazine groups is 1. The summed E-state index contributed by atoms with van der Waals surface area (Å²) in [7, 11) is 0. The van der Waals surface area contributed by atoms with Crippen LogP contribution in [0.5, 0.6) is 0 Å². The fraction of sp³-hybridized carbons (Fsp3) is 0.0833. The number of halogens is 1. The quantitative estimate of drug-likeness (QED) is 0.576. The van der Waals surface area contributed by atoms with Gasteiger partial charge < -0.3 is 4.98 Å². The van der Waals surface area contributed by atoms with Crippen molar-refractivity contribution in [2.45, 2.75) is 6.92 Å². The number of fused-ring (bicyclic) bond motifs is 1. The first-order valence-corrected chi connectivity index (χ1v) is 6.97. The normalized spacial score (nSPS) is 10.6. The van der Waals surface area contributed by atoms with Crippen LogP contribution in [0.1, 0.15) is 26.8 Å². The van der Waals surface area contributed by atoms with Crippen LogP contribution in [0.3, 0.4) is 0 Å². The first-order chi connectivity index (χ1) is 10.5. The molecule has 0 unspecified atom stereocenters. The first-order valence-electron chi connectivity index (χ1n) is 6.17. The summed E-state index contributed by atoms with van der Waals surface area (Å²) in [6, 6.07) is 3.33. The summed E-state index contributed by atoms with van der Waals surface area (Å²) in [6.45, 7) is 1.82. The number of carbonyl (C=O) groups excluding carboxylic acids is 2. The van der Waals surface area contributed by atoms with Gasteiger partial charge in [0, 0.05) is 22.6 Å². The second kappa shape index (κ2) is 5.56. The van der Waals surface area contributed by atoms with E-state index >= 15 is 0 Å². The molecule has 112 valence electrons. The molecule has 0 saturated heterocycles. The van der Waals surface area contributed by atoms with Gasteiger partial charge in [-0.3, -0.25) is 20.4 Å². The second-order valence-corrected chi connectivity index (χ2v) is 5.29. The van der Waals surface area contributed by atoms with Gasteiger partial charge in [-0.1, -0.05) is 0 Å². The molecule has 10 heteroatoms. The lowest BCUT2D eigenvalue weighted by atomic mass is 10.4. The van der Waals surface area contributed by atoms with Crippen molar-refractivity contribution in [1.29, 1.82) is 0 Å². The Morgan fingerprint density at radius 2 is 2.09 bits per heavy atom. The largest absolute Gasteiger partial charge is 0.356 e. The van der Waals surface area contributed by atoms with Crippen LogP contribution in [0.15, 0.2) is 29.0 Å². The highest BCUT2D eigenvalue weighted by molar-refractivity contribution is 9.10. The topological polar surface area (TPSA) is 117 Å². The fourth-order valence-corrected chi connectivity index (χ4v) is 2.08. The molecule has 0 radical (unpaired) electrons. The summed E-state index contributed by atoms with van der Waals surface area (Å²) < 4.78 is 2.17. The molecule has 0 aliphatic carbocycles. The smallest absolute Gasteiger partial charge is 0.309 e. The number of nitrogens with one attached hydrogen (secondary N) is 3. The summed E-state index contributed by atoms with van der Waals surface area (Å²) >= 11 is 3.22. The van der Waals surface area contributed by atoms with E-state index < -0.39 is 11.8 Å². The standard InChI is InChI=1S/C12H10BrN7O2/c1-6-2-3-14-12-16-9(19-20(6)12)11(22)18-17-10(21)8-4-7(13)5-15-8/h2-5,15H,1H3,(H,17,21)(H,18,22). The molecule has 3 aromatic heterocycles. The van der Waals surface area contributed by atoms with Crippen LogP contribution in [-0.4, -0.2) is 36.4 Å². The van der Waals surface area contributed by atoms with Crippen LogP contribution in [-0.2, 0) is 0 Å². The second-order valence-electron chi connectivity index (χ2n) is 4.37. The molecule has 2 amide bonds. The lowest BCUT2D eigenvalue weighted by Gasteiger charge is -2.03. The summed E-state index contributed by atoms with van der Waals surface area (Å²) in [6.07, 6.45) is 3.18. The van der Waals surface area contributed by atoms with Gasteiger partial charge in [-0.15, -0.1) is 5.10 Å². The third kappa shape index (κ3) is 2.68. The number of hydrogen-bond acceptors (Lipinski definition) is 5. The van der Waals surface area contributed by atoms with E-state index in [1.54, 1.807) is 24.5 Å². The lowest BCUT2D eigenvalue weighted by Crippen LogP contribution is -2.42.